The van der Waals surface area contributed by atoms with Gasteiger partial charge >= 0.3 is 0 Å². The number of benzene rings is 4. The number of carbonyl (C=O) groups excluding carboxylic acids is 1. The largest absolute Gasteiger partial charge is 0.494 e. The van der Waals surface area contributed by atoms with Gasteiger partial charge in [-0.15, -0.1) is 0 Å². The van der Waals surface area contributed by atoms with E-state index in [4.69, 9.17) is 9.47 Å². The van der Waals surface area contributed by atoms with Crippen LogP contribution in [0, 0.1) is 6.92 Å². The van der Waals surface area contributed by atoms with Gasteiger partial charge < -0.3 is 9.47 Å². The predicted molar refractivity (Wildman–Crippen MR) is 132 cm³/mol. The zero-order chi connectivity index (χ0) is 23.0. The van der Waals surface area contributed by atoms with Crippen molar-refractivity contribution in [1.82, 2.24) is 5.43 Å². The van der Waals surface area contributed by atoms with E-state index in [1.807, 2.05) is 43.3 Å². The van der Waals surface area contributed by atoms with Crippen LogP contribution in [-0.4, -0.2) is 18.7 Å². The number of nitrogens with one attached hydrogen (secondary N) is 1. The molecule has 0 aromatic heterocycles. The molecule has 33 heavy (non-hydrogen) atoms. The third-order valence-electron chi connectivity index (χ3n) is 5.23. The van der Waals surface area contributed by atoms with Crippen LogP contribution in [0.15, 0.2) is 90.0 Å². The van der Waals surface area contributed by atoms with E-state index in [0.717, 1.165) is 27.6 Å². The molecule has 5 heteroatoms. The second-order valence-electron chi connectivity index (χ2n) is 7.63. The first-order chi connectivity index (χ1) is 16.1. The van der Waals surface area contributed by atoms with Gasteiger partial charge in [-0.3, -0.25) is 4.79 Å². The first kappa shape index (κ1) is 22.1. The molecule has 1 amide bonds. The second-order valence-corrected chi connectivity index (χ2v) is 7.63. The van der Waals surface area contributed by atoms with Crippen molar-refractivity contribution in [2.75, 3.05) is 6.61 Å². The van der Waals surface area contributed by atoms with E-state index in [-0.39, 0.29) is 5.91 Å². The molecule has 1 N–H and O–H groups in total. The average Bonchev–Trinajstić information content (AvgIpc) is 2.85. The summed E-state index contributed by atoms with van der Waals surface area (Å²) in [6, 6.07) is 27.2. The van der Waals surface area contributed by atoms with Gasteiger partial charge in [-0.05, 0) is 60.5 Å². The Bertz CT molecular complexity index is 1260. The Labute approximate surface area is 193 Å². The average molecular weight is 439 g/mol. The molecular formula is C28H26N2O3. The summed E-state index contributed by atoms with van der Waals surface area (Å²) in [4.78, 5) is 12.5. The zero-order valence-electron chi connectivity index (χ0n) is 18.7. The van der Waals surface area contributed by atoms with Crippen LogP contribution < -0.4 is 14.9 Å². The van der Waals surface area contributed by atoms with Gasteiger partial charge in [0, 0.05) is 11.1 Å². The first-order valence-electron chi connectivity index (χ1n) is 10.9. The predicted octanol–water partition coefficient (Wildman–Crippen LogP) is 5.89. The molecule has 4 aromatic rings. The highest BCUT2D eigenvalue weighted by molar-refractivity contribution is 6.03. The normalized spacial score (nSPS) is 11.0. The van der Waals surface area contributed by atoms with Gasteiger partial charge in [0.15, 0.2) is 0 Å². The standard InChI is InChI=1S/C28H26N2O3/c1-3-32-24-15-12-23(13-16-24)28(31)30-29-18-26-25-7-5-4-6-22(25)14-17-27(26)33-19-21-10-8-20(2)9-11-21/h4-18H,3,19H2,1-2H3,(H,30,31)/b29-18+. The van der Waals surface area contributed by atoms with Gasteiger partial charge in [0.05, 0.1) is 12.8 Å². The third kappa shape index (κ3) is 5.57. The molecule has 0 fully saturated rings. The molecule has 0 aliphatic heterocycles. The van der Waals surface area contributed by atoms with Crippen molar-refractivity contribution < 1.29 is 14.3 Å². The minimum absolute atomic E-state index is 0.295. The van der Waals surface area contributed by atoms with Crippen molar-refractivity contribution in [3.05, 3.63) is 107 Å². The summed E-state index contributed by atoms with van der Waals surface area (Å²) in [5.74, 6) is 1.13. The number of nitrogens with zero attached hydrogens (tertiary/aromatic N) is 1. The van der Waals surface area contributed by atoms with Crippen LogP contribution in [0.3, 0.4) is 0 Å². The lowest BCUT2D eigenvalue weighted by Crippen LogP contribution is -2.17. The van der Waals surface area contributed by atoms with Crippen molar-refractivity contribution in [3.63, 3.8) is 0 Å². The van der Waals surface area contributed by atoms with E-state index in [1.54, 1.807) is 30.5 Å². The molecule has 0 saturated heterocycles. The van der Waals surface area contributed by atoms with E-state index in [1.165, 1.54) is 5.56 Å². The van der Waals surface area contributed by atoms with Crippen molar-refractivity contribution in [2.45, 2.75) is 20.5 Å². The molecule has 0 unspecified atom stereocenters. The highest BCUT2D eigenvalue weighted by atomic mass is 16.5. The molecular weight excluding hydrogens is 412 g/mol. The number of hydrogen-bond donors (Lipinski definition) is 1. The van der Waals surface area contributed by atoms with Crippen LogP contribution >= 0.6 is 0 Å². The Morgan fingerprint density at radius 2 is 1.67 bits per heavy atom. The van der Waals surface area contributed by atoms with Gasteiger partial charge in [-0.2, -0.15) is 5.10 Å². The lowest BCUT2D eigenvalue weighted by atomic mass is 10.0. The van der Waals surface area contributed by atoms with Crippen LogP contribution in [0.2, 0.25) is 0 Å². The number of hydrogen-bond acceptors (Lipinski definition) is 4. The van der Waals surface area contributed by atoms with Crippen LogP contribution in [-0.2, 0) is 6.61 Å². The summed E-state index contributed by atoms with van der Waals surface area (Å²) in [5.41, 5.74) is 6.21. The summed E-state index contributed by atoms with van der Waals surface area (Å²) in [7, 11) is 0. The number of aryl methyl sites for hydroxylation is 1. The van der Waals surface area contributed by atoms with E-state index in [9.17, 15) is 4.79 Å². The maximum absolute atomic E-state index is 12.5. The van der Waals surface area contributed by atoms with E-state index in [2.05, 4.69) is 41.7 Å². The quantitative estimate of drug-likeness (QED) is 0.276. The summed E-state index contributed by atoms with van der Waals surface area (Å²) in [5, 5.41) is 6.29. The zero-order valence-corrected chi connectivity index (χ0v) is 18.7. The van der Waals surface area contributed by atoms with Gasteiger partial charge in [0.2, 0.25) is 0 Å². The molecule has 0 atom stereocenters. The number of amides is 1. The van der Waals surface area contributed by atoms with Gasteiger partial charge in [-0.25, -0.2) is 5.43 Å². The van der Waals surface area contributed by atoms with Crippen LogP contribution in [0.25, 0.3) is 10.8 Å². The van der Waals surface area contributed by atoms with Crippen molar-refractivity contribution in [3.8, 4) is 11.5 Å². The summed E-state index contributed by atoms with van der Waals surface area (Å²) in [6.45, 7) is 5.00. The molecule has 166 valence electrons. The monoisotopic (exact) mass is 438 g/mol. The SMILES string of the molecule is CCOc1ccc(C(=O)N/N=C/c2c(OCc3ccc(C)cc3)ccc3ccccc23)cc1. The smallest absolute Gasteiger partial charge is 0.271 e. The minimum atomic E-state index is -0.295. The first-order valence-corrected chi connectivity index (χ1v) is 10.9. The van der Waals surface area contributed by atoms with Crippen LogP contribution in [0.1, 0.15) is 34.0 Å². The molecule has 4 rings (SSSR count). The van der Waals surface area contributed by atoms with E-state index < -0.39 is 0 Å². The molecule has 0 heterocycles. The fourth-order valence-corrected chi connectivity index (χ4v) is 3.47. The number of rotatable bonds is 8. The van der Waals surface area contributed by atoms with E-state index in [0.29, 0.717) is 24.5 Å². The summed E-state index contributed by atoms with van der Waals surface area (Å²) in [6.07, 6.45) is 1.64. The van der Waals surface area contributed by atoms with Crippen LogP contribution in [0.4, 0.5) is 0 Å². The number of ether oxygens (including phenoxy) is 2. The Balaban J connectivity index is 1.53. The summed E-state index contributed by atoms with van der Waals surface area (Å²) >= 11 is 0. The van der Waals surface area contributed by atoms with E-state index >= 15 is 0 Å². The van der Waals surface area contributed by atoms with Crippen molar-refractivity contribution >= 4 is 22.9 Å². The molecule has 5 nitrogen and oxygen atoms in total. The maximum atomic E-state index is 12.5. The molecule has 0 spiro atoms. The summed E-state index contributed by atoms with van der Waals surface area (Å²) < 4.78 is 11.6. The van der Waals surface area contributed by atoms with Gasteiger partial charge in [-0.1, -0.05) is 60.2 Å². The fourth-order valence-electron chi connectivity index (χ4n) is 3.47. The molecule has 4 aromatic carbocycles. The Kier molecular flexibility index (Phi) is 7.00. The van der Waals surface area contributed by atoms with Gasteiger partial charge in [0.1, 0.15) is 18.1 Å². The molecule has 0 bridgehead atoms. The lowest BCUT2D eigenvalue weighted by Gasteiger charge is -2.12. The molecule has 0 aliphatic rings. The minimum Gasteiger partial charge on any atom is -0.494 e. The Morgan fingerprint density at radius 3 is 2.42 bits per heavy atom. The highest BCUT2D eigenvalue weighted by Gasteiger charge is 2.09. The number of fused-ring (bicyclic) bond motifs is 1. The number of hydrazone groups is 1. The Morgan fingerprint density at radius 1 is 0.909 bits per heavy atom. The van der Waals surface area contributed by atoms with Crippen LogP contribution in [0.5, 0.6) is 11.5 Å². The highest BCUT2D eigenvalue weighted by Crippen LogP contribution is 2.27. The third-order valence-corrected chi connectivity index (χ3v) is 5.23. The molecule has 0 saturated carbocycles. The van der Waals surface area contributed by atoms with Crippen molar-refractivity contribution in [2.24, 2.45) is 5.10 Å². The molecule has 0 aliphatic carbocycles. The van der Waals surface area contributed by atoms with Gasteiger partial charge in [0.25, 0.3) is 5.91 Å². The van der Waals surface area contributed by atoms with Crippen molar-refractivity contribution in [1.29, 1.82) is 0 Å². The maximum Gasteiger partial charge on any atom is 0.271 e. The second kappa shape index (κ2) is 10.5. The molecule has 0 radical (unpaired) electrons. The lowest BCUT2D eigenvalue weighted by molar-refractivity contribution is 0.0955. The number of carbonyl (C=O) groups is 1. The Hall–Kier alpha value is -4.12. The topological polar surface area (TPSA) is 59.9 Å². The fraction of sp³-hybridized carbons (Fsp3) is 0.143.